The number of anilines is 3. The summed E-state index contributed by atoms with van der Waals surface area (Å²) in [5, 5.41) is 16.6. The molecule has 0 aliphatic heterocycles. The maximum atomic E-state index is 12.7. The molecule has 224 valence electrons. The molecule has 17 heteroatoms. The van der Waals surface area contributed by atoms with E-state index in [0.717, 1.165) is 5.69 Å². The summed E-state index contributed by atoms with van der Waals surface area (Å²) in [5.74, 6) is -0.244. The number of azo groups is 1. The highest BCUT2D eigenvalue weighted by molar-refractivity contribution is 7.92. The summed E-state index contributed by atoms with van der Waals surface area (Å²) in [7, 11) is -7.98. The van der Waals surface area contributed by atoms with Crippen LogP contribution in [0.15, 0.2) is 122 Å². The van der Waals surface area contributed by atoms with Crippen LogP contribution < -0.4 is 21.5 Å². The Morgan fingerprint density at radius 1 is 0.795 bits per heavy atom. The maximum Gasteiger partial charge on any atom is 0.285 e. The maximum absolute atomic E-state index is 12.7. The minimum Gasteiger partial charge on any atom is -0.369 e. The molecule has 0 fully saturated rings. The Labute approximate surface area is 252 Å². The van der Waals surface area contributed by atoms with Crippen molar-refractivity contribution in [2.24, 2.45) is 26.1 Å². The average molecular weight is 632 g/mol. The molecule has 2 heterocycles. The predicted molar refractivity (Wildman–Crippen MR) is 164 cm³/mol. The number of sulfonamides is 2. The topological polar surface area (TPSA) is 225 Å². The second-order valence-corrected chi connectivity index (χ2v) is 12.3. The van der Waals surface area contributed by atoms with Gasteiger partial charge in [-0.2, -0.15) is 13.5 Å². The molecule has 0 aliphatic carbocycles. The van der Waals surface area contributed by atoms with Gasteiger partial charge in [0.25, 0.3) is 20.0 Å². The zero-order chi connectivity index (χ0) is 31.3. The van der Waals surface area contributed by atoms with Gasteiger partial charge in [0.1, 0.15) is 0 Å². The van der Waals surface area contributed by atoms with Crippen molar-refractivity contribution in [3.8, 4) is 5.69 Å². The lowest BCUT2D eigenvalue weighted by Crippen LogP contribution is -2.24. The molecule has 6 N–H and O–H groups in total. The van der Waals surface area contributed by atoms with Gasteiger partial charge in [-0.15, -0.1) is 14.6 Å². The first kappa shape index (κ1) is 29.8. The van der Waals surface area contributed by atoms with E-state index >= 15 is 0 Å². The summed E-state index contributed by atoms with van der Waals surface area (Å²) in [6.45, 7) is 1.77. The van der Waals surface area contributed by atoms with Gasteiger partial charge >= 0.3 is 0 Å². The molecular formula is C27H25N11O4S2. The molecule has 0 amide bonds. The first-order chi connectivity index (χ1) is 21.0. The van der Waals surface area contributed by atoms with Gasteiger partial charge in [0.2, 0.25) is 11.9 Å². The number of aromatic nitrogens is 4. The van der Waals surface area contributed by atoms with E-state index in [2.05, 4.69) is 39.7 Å². The molecule has 0 radical (unpaired) electrons. The highest BCUT2D eigenvalue weighted by Gasteiger charge is 2.19. The van der Waals surface area contributed by atoms with E-state index in [1.54, 1.807) is 29.8 Å². The highest BCUT2D eigenvalue weighted by Crippen LogP contribution is 2.34. The second-order valence-electron chi connectivity index (χ2n) is 9.04. The fraction of sp³-hybridized carbons (Fsp3) is 0.0370. The Hall–Kier alpha value is -5.68. The number of rotatable bonds is 10. The van der Waals surface area contributed by atoms with Crippen molar-refractivity contribution >= 4 is 54.8 Å². The number of hydrogen-bond acceptors (Lipinski definition) is 10. The lowest BCUT2D eigenvalue weighted by atomic mass is 10.3. The lowest BCUT2D eigenvalue weighted by molar-refractivity contribution is 0.597. The monoisotopic (exact) mass is 631 g/mol. The van der Waals surface area contributed by atoms with Crippen molar-refractivity contribution in [2.45, 2.75) is 16.7 Å². The molecule has 0 aliphatic rings. The molecule has 0 unspecified atom stereocenters. The van der Waals surface area contributed by atoms with Crippen molar-refractivity contribution < 1.29 is 16.8 Å². The zero-order valence-electron chi connectivity index (χ0n) is 23.0. The van der Waals surface area contributed by atoms with Gasteiger partial charge in [-0.1, -0.05) is 18.2 Å². The third kappa shape index (κ3) is 6.85. The molecule has 0 bridgehead atoms. The number of nitrogens with two attached hydrogens (primary N) is 2. The van der Waals surface area contributed by atoms with Crippen LogP contribution in [0.5, 0.6) is 0 Å². The van der Waals surface area contributed by atoms with Gasteiger partial charge in [0.05, 0.1) is 26.9 Å². The molecule has 5 aromatic rings. The third-order valence-corrected chi connectivity index (χ3v) is 8.59. The fourth-order valence-electron chi connectivity index (χ4n) is 3.89. The Balaban J connectivity index is 1.45. The van der Waals surface area contributed by atoms with Crippen molar-refractivity contribution in [3.05, 3.63) is 103 Å². The molecule has 0 saturated heterocycles. The van der Waals surface area contributed by atoms with Crippen LogP contribution >= 0.6 is 0 Å². The van der Waals surface area contributed by atoms with Gasteiger partial charge in [-0.3, -0.25) is 0 Å². The van der Waals surface area contributed by atoms with Crippen LogP contribution in [0.3, 0.4) is 0 Å². The van der Waals surface area contributed by atoms with Gasteiger partial charge in [-0.05, 0) is 73.7 Å². The number of para-hydroxylation sites is 1. The summed E-state index contributed by atoms with van der Waals surface area (Å²) in [5.41, 5.74) is 13.1. The van der Waals surface area contributed by atoms with E-state index in [9.17, 15) is 16.8 Å². The molecule has 3 aromatic carbocycles. The molecule has 44 heavy (non-hydrogen) atoms. The number of nitrogens with zero attached hydrogens (tertiary/aromatic N) is 7. The fourth-order valence-corrected chi connectivity index (χ4v) is 5.71. The summed E-state index contributed by atoms with van der Waals surface area (Å²) in [6, 6.07) is 22.5. The van der Waals surface area contributed by atoms with Crippen LogP contribution in [0.4, 0.5) is 28.8 Å². The third-order valence-electron chi connectivity index (χ3n) is 5.93. The summed E-state index contributed by atoms with van der Waals surface area (Å²) in [4.78, 5) is 7.64. The van der Waals surface area contributed by atoms with E-state index in [-0.39, 0.29) is 15.7 Å². The number of nitrogens with one attached hydrogen (secondary N) is 2. The Morgan fingerprint density at radius 2 is 1.43 bits per heavy atom. The zero-order valence-corrected chi connectivity index (χ0v) is 24.6. The van der Waals surface area contributed by atoms with E-state index in [1.165, 1.54) is 48.8 Å². The molecule has 0 spiro atoms. The minimum atomic E-state index is -4.07. The van der Waals surface area contributed by atoms with Gasteiger partial charge in [-0.25, -0.2) is 27.8 Å². The largest absolute Gasteiger partial charge is 0.369 e. The van der Waals surface area contributed by atoms with Crippen LogP contribution in [-0.2, 0) is 20.0 Å². The van der Waals surface area contributed by atoms with Gasteiger partial charge < -0.3 is 16.8 Å². The van der Waals surface area contributed by atoms with Crippen LogP contribution in [0.2, 0.25) is 0 Å². The molecule has 0 atom stereocenters. The molecule has 2 aromatic heterocycles. The predicted octanol–water partition coefficient (Wildman–Crippen LogP) is 3.89. The summed E-state index contributed by atoms with van der Waals surface area (Å²) < 4.78 is 57.3. The van der Waals surface area contributed by atoms with Crippen LogP contribution in [0.1, 0.15) is 5.69 Å². The number of hydrogen-bond donors (Lipinski definition) is 4. The molecular weight excluding hydrogens is 607 g/mol. The first-order valence-corrected chi connectivity index (χ1v) is 15.6. The van der Waals surface area contributed by atoms with E-state index in [0.29, 0.717) is 28.6 Å². The number of guanidine groups is 1. The van der Waals surface area contributed by atoms with E-state index in [4.69, 9.17) is 11.5 Å². The quantitative estimate of drug-likeness (QED) is 0.0987. The number of benzene rings is 3. The lowest BCUT2D eigenvalue weighted by Gasteiger charge is -2.06. The SMILES string of the molecule is Cc1c(N=Nc2ccc(S(=O)(=O)Nc3ncccn3)cc2)c(Nc2ccccc2)nn1-c1ccc(S(=O)(=O)N=C(N)N)cc1. The minimum absolute atomic E-state index is 0.00959. The van der Waals surface area contributed by atoms with Crippen molar-refractivity contribution in [3.63, 3.8) is 0 Å². The molecule has 5 rings (SSSR count). The Bertz CT molecular complexity index is 2040. The molecule has 15 nitrogen and oxygen atoms in total. The van der Waals surface area contributed by atoms with Gasteiger partial charge in [0, 0.05) is 18.1 Å². The van der Waals surface area contributed by atoms with Crippen molar-refractivity contribution in [2.75, 3.05) is 10.0 Å². The Kier molecular flexibility index (Phi) is 8.32. The van der Waals surface area contributed by atoms with Crippen LogP contribution in [0.25, 0.3) is 5.69 Å². The summed E-state index contributed by atoms with van der Waals surface area (Å²) in [6.07, 6.45) is 2.85. The Morgan fingerprint density at radius 3 is 2.07 bits per heavy atom. The first-order valence-electron chi connectivity index (χ1n) is 12.7. The standard InChI is InChI=1S/C27H25N11O4S2/c1-18-24(34-33-20-8-12-22(13-9-20)44(41,42)37-27-30-16-5-17-31-27)25(32-19-6-3-2-4-7-19)35-38(18)21-10-14-23(15-11-21)43(39,40)36-26(28)29/h2-17H,1H3,(H,32,35)(H4,28,29,36)(H,30,31,37). The summed E-state index contributed by atoms with van der Waals surface area (Å²) >= 11 is 0. The van der Waals surface area contributed by atoms with Crippen molar-refractivity contribution in [1.82, 2.24) is 19.7 Å². The second kappa shape index (κ2) is 12.3. The average Bonchev–Trinajstić information content (AvgIpc) is 3.30. The molecule has 0 saturated carbocycles. The van der Waals surface area contributed by atoms with Gasteiger partial charge in [0.15, 0.2) is 11.5 Å². The van der Waals surface area contributed by atoms with Crippen LogP contribution in [-0.4, -0.2) is 42.5 Å². The van der Waals surface area contributed by atoms with E-state index < -0.39 is 26.0 Å². The van der Waals surface area contributed by atoms with Crippen LogP contribution in [0, 0.1) is 6.92 Å². The highest BCUT2D eigenvalue weighted by atomic mass is 32.2. The van der Waals surface area contributed by atoms with Crippen molar-refractivity contribution in [1.29, 1.82) is 0 Å². The normalized spacial score (nSPS) is 11.8. The smallest absolute Gasteiger partial charge is 0.285 e. The van der Waals surface area contributed by atoms with E-state index in [1.807, 2.05) is 30.3 Å².